The van der Waals surface area contributed by atoms with Gasteiger partial charge >= 0.3 is 0 Å². The van der Waals surface area contributed by atoms with Gasteiger partial charge in [0.2, 0.25) is 0 Å². The van der Waals surface area contributed by atoms with Gasteiger partial charge in [-0.2, -0.15) is 0 Å². The lowest BCUT2D eigenvalue weighted by atomic mass is 10.1. The second-order valence-corrected chi connectivity index (χ2v) is 5.81. The fourth-order valence-corrected chi connectivity index (χ4v) is 2.51. The molecule has 4 nitrogen and oxygen atoms in total. The standard InChI is InChI=1S/C21H22N2O2/c24-21(15-22-14-19-10-4-5-12-23-19)18-9-6-11-20(13-18)25-16-17-7-2-1-3-8-17/h1-13,21-22,24H,14-16H2. The summed E-state index contributed by atoms with van der Waals surface area (Å²) in [7, 11) is 0. The number of nitrogens with one attached hydrogen (secondary N) is 1. The summed E-state index contributed by atoms with van der Waals surface area (Å²) >= 11 is 0. The van der Waals surface area contributed by atoms with Crippen molar-refractivity contribution in [2.24, 2.45) is 0 Å². The highest BCUT2D eigenvalue weighted by Crippen LogP contribution is 2.20. The van der Waals surface area contributed by atoms with E-state index in [-0.39, 0.29) is 0 Å². The summed E-state index contributed by atoms with van der Waals surface area (Å²) in [5, 5.41) is 13.6. The van der Waals surface area contributed by atoms with Crippen molar-refractivity contribution in [3.8, 4) is 5.75 Å². The highest BCUT2D eigenvalue weighted by atomic mass is 16.5. The lowest BCUT2D eigenvalue weighted by molar-refractivity contribution is 0.173. The van der Waals surface area contributed by atoms with E-state index in [1.54, 1.807) is 6.20 Å². The highest BCUT2D eigenvalue weighted by Gasteiger charge is 2.08. The molecule has 3 rings (SSSR count). The average Bonchev–Trinajstić information content (AvgIpc) is 2.68. The molecule has 0 saturated heterocycles. The molecule has 3 aromatic rings. The fraction of sp³-hybridized carbons (Fsp3) is 0.190. The molecule has 1 atom stereocenters. The summed E-state index contributed by atoms with van der Waals surface area (Å²) in [4.78, 5) is 4.25. The first kappa shape index (κ1) is 17.1. The van der Waals surface area contributed by atoms with E-state index in [1.807, 2.05) is 72.8 Å². The number of nitrogens with zero attached hydrogens (tertiary/aromatic N) is 1. The number of rotatable bonds is 8. The van der Waals surface area contributed by atoms with Crippen LogP contribution in [0, 0.1) is 0 Å². The first-order valence-electron chi connectivity index (χ1n) is 8.36. The van der Waals surface area contributed by atoms with Crippen LogP contribution < -0.4 is 10.1 Å². The minimum Gasteiger partial charge on any atom is -0.489 e. The number of aliphatic hydroxyl groups excluding tert-OH is 1. The van der Waals surface area contributed by atoms with E-state index in [2.05, 4.69) is 10.3 Å². The third-order valence-electron chi connectivity index (χ3n) is 3.86. The van der Waals surface area contributed by atoms with Crippen LogP contribution in [0.25, 0.3) is 0 Å². The number of pyridine rings is 1. The van der Waals surface area contributed by atoms with E-state index in [9.17, 15) is 5.11 Å². The Morgan fingerprint density at radius 1 is 0.960 bits per heavy atom. The van der Waals surface area contributed by atoms with Gasteiger partial charge in [-0.1, -0.05) is 48.5 Å². The number of ether oxygens (including phenoxy) is 1. The molecule has 128 valence electrons. The van der Waals surface area contributed by atoms with Crippen LogP contribution in [0.1, 0.15) is 22.9 Å². The first-order valence-corrected chi connectivity index (χ1v) is 8.36. The van der Waals surface area contributed by atoms with E-state index in [0.29, 0.717) is 19.7 Å². The van der Waals surface area contributed by atoms with E-state index < -0.39 is 6.10 Å². The van der Waals surface area contributed by atoms with Crippen molar-refractivity contribution in [3.63, 3.8) is 0 Å². The molecular weight excluding hydrogens is 312 g/mol. The predicted molar refractivity (Wildman–Crippen MR) is 98.1 cm³/mol. The molecule has 0 saturated carbocycles. The fourth-order valence-electron chi connectivity index (χ4n) is 2.51. The van der Waals surface area contributed by atoms with Gasteiger partial charge < -0.3 is 15.2 Å². The average molecular weight is 334 g/mol. The monoisotopic (exact) mass is 334 g/mol. The summed E-state index contributed by atoms with van der Waals surface area (Å²) in [5.74, 6) is 0.755. The van der Waals surface area contributed by atoms with E-state index in [1.165, 1.54) is 0 Å². The van der Waals surface area contributed by atoms with Gasteiger partial charge in [0.15, 0.2) is 0 Å². The third-order valence-corrected chi connectivity index (χ3v) is 3.86. The summed E-state index contributed by atoms with van der Waals surface area (Å²) in [6, 6.07) is 23.4. The normalized spacial score (nSPS) is 11.9. The highest BCUT2D eigenvalue weighted by molar-refractivity contribution is 5.30. The Labute approximate surface area is 148 Å². The van der Waals surface area contributed by atoms with Gasteiger partial charge in [0, 0.05) is 19.3 Å². The smallest absolute Gasteiger partial charge is 0.120 e. The van der Waals surface area contributed by atoms with E-state index in [4.69, 9.17) is 4.74 Å². The van der Waals surface area contributed by atoms with Crippen LogP contribution in [-0.4, -0.2) is 16.6 Å². The molecule has 1 unspecified atom stereocenters. The maximum Gasteiger partial charge on any atom is 0.120 e. The maximum atomic E-state index is 10.4. The van der Waals surface area contributed by atoms with Gasteiger partial charge in [0.05, 0.1) is 11.8 Å². The molecule has 4 heteroatoms. The van der Waals surface area contributed by atoms with Gasteiger partial charge in [-0.3, -0.25) is 4.98 Å². The molecule has 25 heavy (non-hydrogen) atoms. The second kappa shape index (κ2) is 8.97. The maximum absolute atomic E-state index is 10.4. The third kappa shape index (κ3) is 5.41. The van der Waals surface area contributed by atoms with Gasteiger partial charge in [-0.15, -0.1) is 0 Å². The van der Waals surface area contributed by atoms with Crippen LogP contribution in [0.15, 0.2) is 79.0 Å². The molecule has 0 amide bonds. The lowest BCUT2D eigenvalue weighted by Crippen LogP contribution is -2.21. The SMILES string of the molecule is OC(CNCc1ccccn1)c1cccc(OCc2ccccc2)c1. The Morgan fingerprint density at radius 3 is 2.60 bits per heavy atom. The quantitative estimate of drug-likeness (QED) is 0.662. The molecular formula is C21H22N2O2. The van der Waals surface area contributed by atoms with Crippen LogP contribution >= 0.6 is 0 Å². The van der Waals surface area contributed by atoms with Crippen molar-refractivity contribution in [1.82, 2.24) is 10.3 Å². The Morgan fingerprint density at radius 2 is 1.80 bits per heavy atom. The Bertz CT molecular complexity index is 763. The summed E-state index contributed by atoms with van der Waals surface area (Å²) in [6.45, 7) is 1.60. The zero-order valence-electron chi connectivity index (χ0n) is 14.0. The molecule has 0 fully saturated rings. The Balaban J connectivity index is 1.51. The number of aliphatic hydroxyl groups is 1. The van der Waals surface area contributed by atoms with Crippen molar-refractivity contribution in [2.45, 2.75) is 19.3 Å². The van der Waals surface area contributed by atoms with Gasteiger partial charge in [0.1, 0.15) is 12.4 Å². The molecule has 0 spiro atoms. The summed E-state index contributed by atoms with van der Waals surface area (Å²) in [5.41, 5.74) is 2.90. The van der Waals surface area contributed by atoms with Crippen LogP contribution in [0.3, 0.4) is 0 Å². The zero-order valence-corrected chi connectivity index (χ0v) is 14.0. The Kier molecular flexibility index (Phi) is 6.15. The minimum absolute atomic E-state index is 0.457. The van der Waals surface area contributed by atoms with Crippen LogP contribution in [-0.2, 0) is 13.2 Å². The molecule has 2 aromatic carbocycles. The summed E-state index contributed by atoms with van der Waals surface area (Å²) < 4.78 is 5.82. The molecule has 1 aromatic heterocycles. The van der Waals surface area contributed by atoms with Crippen LogP contribution in [0.5, 0.6) is 5.75 Å². The molecule has 1 heterocycles. The molecule has 2 N–H and O–H groups in total. The van der Waals surface area contributed by atoms with Crippen LogP contribution in [0.4, 0.5) is 0 Å². The lowest BCUT2D eigenvalue weighted by Gasteiger charge is -2.14. The molecule has 0 bridgehead atoms. The van der Waals surface area contributed by atoms with Crippen molar-refractivity contribution < 1.29 is 9.84 Å². The van der Waals surface area contributed by atoms with Gasteiger partial charge in [-0.05, 0) is 35.4 Å². The van der Waals surface area contributed by atoms with Crippen molar-refractivity contribution in [1.29, 1.82) is 0 Å². The largest absolute Gasteiger partial charge is 0.489 e. The summed E-state index contributed by atoms with van der Waals surface area (Å²) in [6.07, 6.45) is 1.17. The van der Waals surface area contributed by atoms with E-state index >= 15 is 0 Å². The Hall–Kier alpha value is -2.69. The van der Waals surface area contributed by atoms with Gasteiger partial charge in [0.25, 0.3) is 0 Å². The molecule has 0 aliphatic heterocycles. The number of hydrogen-bond donors (Lipinski definition) is 2. The van der Waals surface area contributed by atoms with Crippen molar-refractivity contribution >= 4 is 0 Å². The topological polar surface area (TPSA) is 54.4 Å². The molecule has 0 aliphatic rings. The molecule has 0 aliphatic carbocycles. The molecule has 0 radical (unpaired) electrons. The number of hydrogen-bond acceptors (Lipinski definition) is 4. The van der Waals surface area contributed by atoms with E-state index in [0.717, 1.165) is 22.6 Å². The minimum atomic E-state index is -0.594. The number of benzene rings is 2. The second-order valence-electron chi connectivity index (χ2n) is 5.81. The van der Waals surface area contributed by atoms with Crippen molar-refractivity contribution in [3.05, 3.63) is 95.8 Å². The van der Waals surface area contributed by atoms with Gasteiger partial charge in [-0.25, -0.2) is 0 Å². The zero-order chi connectivity index (χ0) is 17.3. The number of aromatic nitrogens is 1. The van der Waals surface area contributed by atoms with Crippen molar-refractivity contribution in [2.75, 3.05) is 6.54 Å². The van der Waals surface area contributed by atoms with Crippen LogP contribution in [0.2, 0.25) is 0 Å². The predicted octanol–water partition coefficient (Wildman–Crippen LogP) is 3.48. The first-order chi connectivity index (χ1) is 12.3.